The Morgan fingerprint density at radius 3 is 2.77 bits per heavy atom. The molecule has 0 fully saturated rings. The zero-order valence-electron chi connectivity index (χ0n) is 7.02. The van der Waals surface area contributed by atoms with Crippen LogP contribution in [0.5, 0.6) is 0 Å². The third kappa shape index (κ3) is 2.42. The van der Waals surface area contributed by atoms with Gasteiger partial charge in [0, 0.05) is 17.0 Å². The Kier molecular flexibility index (Phi) is 3.71. The monoisotopic (exact) mass is 266 g/mol. The second-order valence-corrected chi connectivity index (χ2v) is 4.17. The van der Waals surface area contributed by atoms with E-state index in [1.807, 2.05) is 0 Å². The minimum absolute atomic E-state index is 0.0460. The van der Waals surface area contributed by atoms with Crippen LogP contribution in [0.4, 0.5) is 4.39 Å². The minimum atomic E-state index is -0.466. The van der Waals surface area contributed by atoms with Crippen LogP contribution in [0.15, 0.2) is 16.6 Å². The molecule has 0 radical (unpaired) electrons. The lowest BCUT2D eigenvalue weighted by atomic mass is 10.0. The average molecular weight is 268 g/mol. The number of aliphatic hydroxyl groups excluding tert-OH is 1. The zero-order chi connectivity index (χ0) is 10.0. The molecule has 0 heterocycles. The van der Waals surface area contributed by atoms with E-state index >= 15 is 0 Å². The number of benzene rings is 1. The van der Waals surface area contributed by atoms with Gasteiger partial charge in [0.15, 0.2) is 0 Å². The largest absolute Gasteiger partial charge is 0.396 e. The van der Waals surface area contributed by atoms with Crippen LogP contribution in [-0.4, -0.2) is 11.7 Å². The molecule has 0 saturated carbocycles. The summed E-state index contributed by atoms with van der Waals surface area (Å²) in [5.41, 5.74) is 0.621. The number of hydrogen-bond donors (Lipinski definition) is 1. The van der Waals surface area contributed by atoms with Crippen molar-refractivity contribution in [3.8, 4) is 0 Å². The van der Waals surface area contributed by atoms with Crippen molar-refractivity contribution in [2.45, 2.75) is 12.8 Å². The molecule has 0 spiro atoms. The topological polar surface area (TPSA) is 20.2 Å². The summed E-state index contributed by atoms with van der Waals surface area (Å²) in [5.74, 6) is -0.620. The van der Waals surface area contributed by atoms with Crippen LogP contribution in [0.2, 0.25) is 5.02 Å². The lowest BCUT2D eigenvalue weighted by Gasteiger charge is -2.11. The summed E-state index contributed by atoms with van der Waals surface area (Å²) in [6, 6.07) is 3.02. The Hall–Kier alpha value is -0.120. The highest BCUT2D eigenvalue weighted by atomic mass is 79.9. The molecule has 1 aromatic rings. The molecule has 1 atom stereocenters. The van der Waals surface area contributed by atoms with Crippen LogP contribution in [0, 0.1) is 5.82 Å². The fourth-order valence-electron chi connectivity index (χ4n) is 1.03. The first kappa shape index (κ1) is 11.0. The summed E-state index contributed by atoms with van der Waals surface area (Å²) in [6.07, 6.45) is 0. The fourth-order valence-corrected chi connectivity index (χ4v) is 1.78. The maximum absolute atomic E-state index is 13.1. The predicted octanol–water partition coefficient (Wildman–Crippen LogP) is 3.34. The Balaban J connectivity index is 3.20. The van der Waals surface area contributed by atoms with Gasteiger partial charge in [0.25, 0.3) is 0 Å². The maximum Gasteiger partial charge on any atom is 0.143 e. The molecule has 0 aliphatic rings. The lowest BCUT2D eigenvalue weighted by Crippen LogP contribution is -2.01. The molecule has 4 heteroatoms. The second kappa shape index (κ2) is 4.40. The summed E-state index contributed by atoms with van der Waals surface area (Å²) < 4.78 is 13.7. The van der Waals surface area contributed by atoms with Crippen LogP contribution in [-0.2, 0) is 0 Å². The summed E-state index contributed by atoms with van der Waals surface area (Å²) in [6.45, 7) is 1.74. The van der Waals surface area contributed by atoms with Gasteiger partial charge >= 0.3 is 0 Å². The van der Waals surface area contributed by atoms with E-state index in [1.54, 1.807) is 13.0 Å². The highest BCUT2D eigenvalue weighted by Crippen LogP contribution is 2.30. The van der Waals surface area contributed by atoms with Gasteiger partial charge in [-0.1, -0.05) is 34.5 Å². The third-order valence-electron chi connectivity index (χ3n) is 1.83. The molecule has 1 nitrogen and oxygen atoms in total. The number of aliphatic hydroxyl groups is 1. The predicted molar refractivity (Wildman–Crippen MR) is 54.6 cm³/mol. The second-order valence-electron chi connectivity index (χ2n) is 2.87. The van der Waals surface area contributed by atoms with E-state index in [0.29, 0.717) is 10.0 Å². The first-order valence-electron chi connectivity index (χ1n) is 3.81. The van der Waals surface area contributed by atoms with E-state index in [4.69, 9.17) is 16.7 Å². The molecule has 1 unspecified atom stereocenters. The van der Waals surface area contributed by atoms with Crippen molar-refractivity contribution in [1.82, 2.24) is 0 Å². The first-order valence-corrected chi connectivity index (χ1v) is 4.98. The summed E-state index contributed by atoms with van der Waals surface area (Å²) in [4.78, 5) is 0. The summed E-state index contributed by atoms with van der Waals surface area (Å²) in [5, 5.41) is 8.99. The van der Waals surface area contributed by atoms with Crippen LogP contribution in [0.3, 0.4) is 0 Å². The normalized spacial score (nSPS) is 13.0. The number of rotatable bonds is 2. The van der Waals surface area contributed by atoms with Crippen LogP contribution in [0.1, 0.15) is 18.4 Å². The Bertz CT molecular complexity index is 317. The minimum Gasteiger partial charge on any atom is -0.396 e. The van der Waals surface area contributed by atoms with Gasteiger partial charge in [-0.3, -0.25) is 0 Å². The van der Waals surface area contributed by atoms with E-state index in [2.05, 4.69) is 15.9 Å². The molecular formula is C9H9BrClFO. The maximum atomic E-state index is 13.1. The van der Waals surface area contributed by atoms with Crippen molar-refractivity contribution in [3.05, 3.63) is 33.0 Å². The summed E-state index contributed by atoms with van der Waals surface area (Å²) in [7, 11) is 0. The number of hydrogen-bond acceptors (Lipinski definition) is 1. The molecule has 0 aliphatic carbocycles. The molecule has 13 heavy (non-hydrogen) atoms. The Morgan fingerprint density at radius 2 is 2.23 bits per heavy atom. The van der Waals surface area contributed by atoms with Gasteiger partial charge in [0.05, 0.1) is 5.02 Å². The highest BCUT2D eigenvalue weighted by molar-refractivity contribution is 9.10. The molecule has 1 rings (SSSR count). The van der Waals surface area contributed by atoms with E-state index in [1.165, 1.54) is 6.07 Å². The van der Waals surface area contributed by atoms with Crippen molar-refractivity contribution in [2.24, 2.45) is 0 Å². The SMILES string of the molecule is CC(CO)c1cc(Br)cc(F)c1Cl. The van der Waals surface area contributed by atoms with Crippen LogP contribution >= 0.6 is 27.5 Å². The molecule has 1 N–H and O–H groups in total. The standard InChI is InChI=1S/C9H9BrClFO/c1-5(4-13)7-2-6(10)3-8(12)9(7)11/h2-3,5,13H,4H2,1H3. The van der Waals surface area contributed by atoms with E-state index in [-0.39, 0.29) is 17.5 Å². The molecule has 0 bridgehead atoms. The van der Waals surface area contributed by atoms with Gasteiger partial charge in [-0.15, -0.1) is 0 Å². The average Bonchev–Trinajstić information content (AvgIpc) is 2.10. The molecule has 0 amide bonds. The quantitative estimate of drug-likeness (QED) is 0.815. The van der Waals surface area contributed by atoms with Crippen LogP contribution in [0.25, 0.3) is 0 Å². The van der Waals surface area contributed by atoms with Gasteiger partial charge in [-0.05, 0) is 17.7 Å². The fraction of sp³-hybridized carbons (Fsp3) is 0.333. The highest BCUT2D eigenvalue weighted by Gasteiger charge is 2.13. The summed E-state index contributed by atoms with van der Waals surface area (Å²) >= 11 is 8.90. The van der Waals surface area contributed by atoms with Gasteiger partial charge in [-0.25, -0.2) is 4.39 Å². The lowest BCUT2D eigenvalue weighted by molar-refractivity contribution is 0.273. The molecule has 0 saturated heterocycles. The van der Waals surface area contributed by atoms with Crippen molar-refractivity contribution in [1.29, 1.82) is 0 Å². The zero-order valence-corrected chi connectivity index (χ0v) is 9.36. The van der Waals surface area contributed by atoms with Crippen molar-refractivity contribution in [3.63, 3.8) is 0 Å². The Labute approximate surface area is 89.7 Å². The van der Waals surface area contributed by atoms with Crippen molar-refractivity contribution >= 4 is 27.5 Å². The van der Waals surface area contributed by atoms with E-state index in [9.17, 15) is 4.39 Å². The van der Waals surface area contributed by atoms with Gasteiger partial charge in [0.2, 0.25) is 0 Å². The smallest absolute Gasteiger partial charge is 0.143 e. The molecule has 0 aromatic heterocycles. The molecule has 1 aromatic carbocycles. The molecule has 0 aliphatic heterocycles. The Morgan fingerprint density at radius 1 is 1.62 bits per heavy atom. The van der Waals surface area contributed by atoms with E-state index < -0.39 is 5.82 Å². The molecular weight excluding hydrogens is 258 g/mol. The third-order valence-corrected chi connectivity index (χ3v) is 2.68. The van der Waals surface area contributed by atoms with Gasteiger partial charge < -0.3 is 5.11 Å². The van der Waals surface area contributed by atoms with Crippen LogP contribution < -0.4 is 0 Å². The van der Waals surface area contributed by atoms with Gasteiger partial charge in [-0.2, -0.15) is 0 Å². The number of halogens is 3. The van der Waals surface area contributed by atoms with E-state index in [0.717, 1.165) is 0 Å². The van der Waals surface area contributed by atoms with Gasteiger partial charge in [0.1, 0.15) is 5.82 Å². The first-order chi connectivity index (χ1) is 6.06. The molecule has 72 valence electrons. The van der Waals surface area contributed by atoms with Crippen molar-refractivity contribution < 1.29 is 9.50 Å². The van der Waals surface area contributed by atoms with Crippen molar-refractivity contribution in [2.75, 3.05) is 6.61 Å².